The van der Waals surface area contributed by atoms with E-state index in [0.717, 1.165) is 30.2 Å². The largest absolute Gasteiger partial charge is 3.00 e. The summed E-state index contributed by atoms with van der Waals surface area (Å²) in [5.41, 5.74) is 4.39. The van der Waals surface area contributed by atoms with Crippen molar-refractivity contribution in [1.29, 1.82) is 0 Å². The van der Waals surface area contributed by atoms with E-state index in [-0.39, 0.29) is 37.5 Å². The molecule has 0 bridgehead atoms. The molecule has 6 rings (SSSR count). The van der Waals surface area contributed by atoms with Gasteiger partial charge >= 0.3 is 20.1 Å². The molecule has 176 valence electrons. The molecular weight excluding hydrogens is 628 g/mol. The van der Waals surface area contributed by atoms with Crippen LogP contribution >= 0.6 is 0 Å². The second-order valence-corrected chi connectivity index (χ2v) is 7.85. The maximum atomic E-state index is 13.8. The first kappa shape index (κ1) is 24.7. The standard InChI is InChI=1S/C17H9F3N.C11H10N2.Ir/c18-14-7-6-13(16(19)17(14)20)15-10-12(8-9-21-15)11-4-2-1-3-5-11;1-2-4-10-9(3-1)5-7-13-8-6-12-11(10)13;/h1-5,7-10H;1-3,6,8,11H,5,7H2;/q-1;-2;+3. The van der Waals surface area contributed by atoms with Crippen LogP contribution in [0.1, 0.15) is 17.3 Å². The fraction of sp³-hybridized carbons (Fsp3) is 0.107. The molecular formula is C28H19F3IrN3. The number of halogens is 3. The molecule has 3 heterocycles. The van der Waals surface area contributed by atoms with Gasteiger partial charge in [-0.3, -0.25) is 8.78 Å². The Bertz CT molecular complexity index is 1340. The van der Waals surface area contributed by atoms with E-state index < -0.39 is 17.5 Å². The number of pyridine rings is 1. The van der Waals surface area contributed by atoms with E-state index >= 15 is 0 Å². The van der Waals surface area contributed by atoms with Gasteiger partial charge in [0.05, 0.1) is 11.6 Å². The summed E-state index contributed by atoms with van der Waals surface area (Å²) in [6, 6.07) is 25.4. The van der Waals surface area contributed by atoms with Crippen LogP contribution in [-0.4, -0.2) is 16.4 Å². The number of aromatic nitrogens is 1. The van der Waals surface area contributed by atoms with E-state index in [1.165, 1.54) is 17.3 Å². The van der Waals surface area contributed by atoms with Crippen molar-refractivity contribution in [3.8, 4) is 22.4 Å². The van der Waals surface area contributed by atoms with Crippen molar-refractivity contribution < 1.29 is 33.3 Å². The molecule has 1 unspecified atom stereocenters. The second kappa shape index (κ2) is 10.9. The van der Waals surface area contributed by atoms with Crippen LogP contribution in [0.5, 0.6) is 0 Å². The minimum absolute atomic E-state index is 0. The molecule has 0 aliphatic carbocycles. The molecule has 0 spiro atoms. The Labute approximate surface area is 215 Å². The number of rotatable bonds is 2. The Morgan fingerprint density at radius 3 is 2.60 bits per heavy atom. The molecule has 3 aromatic carbocycles. The van der Waals surface area contributed by atoms with Crippen molar-refractivity contribution in [2.75, 3.05) is 6.54 Å². The van der Waals surface area contributed by atoms with Gasteiger partial charge in [0.25, 0.3) is 0 Å². The normalized spacial score (nSPS) is 15.2. The van der Waals surface area contributed by atoms with Gasteiger partial charge in [0.1, 0.15) is 5.82 Å². The van der Waals surface area contributed by atoms with E-state index in [1.54, 1.807) is 12.1 Å². The fourth-order valence-electron chi connectivity index (χ4n) is 4.04. The number of nitrogens with zero attached hydrogens (tertiary/aromatic N) is 3. The summed E-state index contributed by atoms with van der Waals surface area (Å²) in [6.45, 7) is 1.08. The molecule has 3 nitrogen and oxygen atoms in total. The Hall–Kier alpha value is -3.41. The van der Waals surface area contributed by atoms with Crippen molar-refractivity contribution in [3.05, 3.63) is 131 Å². The van der Waals surface area contributed by atoms with E-state index in [0.29, 0.717) is 0 Å². The molecule has 0 saturated heterocycles. The summed E-state index contributed by atoms with van der Waals surface area (Å²) in [7, 11) is 0. The average molecular weight is 647 g/mol. The van der Waals surface area contributed by atoms with Crippen LogP contribution in [0.3, 0.4) is 0 Å². The van der Waals surface area contributed by atoms with Crippen molar-refractivity contribution in [3.63, 3.8) is 0 Å². The molecule has 2 aliphatic heterocycles. The van der Waals surface area contributed by atoms with Crippen molar-refractivity contribution in [1.82, 2.24) is 9.88 Å². The number of fused-ring (bicyclic) bond motifs is 3. The maximum absolute atomic E-state index is 13.8. The molecule has 1 atom stereocenters. The van der Waals surface area contributed by atoms with Crippen LogP contribution in [0.25, 0.3) is 27.7 Å². The molecule has 4 aromatic rings. The second-order valence-electron chi connectivity index (χ2n) is 7.85. The molecule has 2 aliphatic rings. The van der Waals surface area contributed by atoms with Crippen LogP contribution in [0.15, 0.2) is 85.3 Å². The molecule has 0 amide bonds. The Balaban J connectivity index is 0.000000177. The van der Waals surface area contributed by atoms with E-state index in [9.17, 15) is 13.2 Å². The zero-order valence-corrected chi connectivity index (χ0v) is 20.8. The summed E-state index contributed by atoms with van der Waals surface area (Å²) in [4.78, 5) is 6.27. The third kappa shape index (κ3) is 5.16. The van der Waals surface area contributed by atoms with Gasteiger partial charge in [0.15, 0.2) is 0 Å². The van der Waals surface area contributed by atoms with Gasteiger partial charge in [-0.1, -0.05) is 48.4 Å². The average Bonchev–Trinajstić information content (AvgIpc) is 3.38. The molecule has 0 radical (unpaired) electrons. The summed E-state index contributed by atoms with van der Waals surface area (Å²) in [5, 5.41) is 4.41. The molecule has 7 heteroatoms. The SMILES string of the molecule is Fc1c[c-]c(-c2cc(-c3ccccc3)ccn2)c(F)c1F.[Ir+3].[c-]1cccc2c1C1[N-]C=CN1CC2. The first-order chi connectivity index (χ1) is 16.6. The van der Waals surface area contributed by atoms with Crippen molar-refractivity contribution in [2.24, 2.45) is 0 Å². The first-order valence-corrected chi connectivity index (χ1v) is 10.8. The van der Waals surface area contributed by atoms with Gasteiger partial charge < -0.3 is 15.2 Å². The van der Waals surface area contributed by atoms with Crippen LogP contribution in [0.2, 0.25) is 0 Å². The van der Waals surface area contributed by atoms with Crippen LogP contribution in [-0.2, 0) is 26.5 Å². The quantitative estimate of drug-likeness (QED) is 0.177. The predicted molar refractivity (Wildman–Crippen MR) is 125 cm³/mol. The van der Waals surface area contributed by atoms with Crippen LogP contribution in [0.4, 0.5) is 13.2 Å². The monoisotopic (exact) mass is 647 g/mol. The minimum atomic E-state index is -1.52. The van der Waals surface area contributed by atoms with Gasteiger partial charge in [0, 0.05) is 12.7 Å². The summed E-state index contributed by atoms with van der Waals surface area (Å²) in [5.74, 6) is -4.07. The van der Waals surface area contributed by atoms with Gasteiger partial charge in [-0.2, -0.15) is 41.6 Å². The number of benzene rings is 3. The van der Waals surface area contributed by atoms with E-state index in [2.05, 4.69) is 45.7 Å². The Morgan fingerprint density at radius 1 is 0.943 bits per heavy atom. The summed E-state index contributed by atoms with van der Waals surface area (Å²) in [6.07, 6.45) is 6.77. The summed E-state index contributed by atoms with van der Waals surface area (Å²) >= 11 is 0. The number of hydrogen-bond donors (Lipinski definition) is 0. The van der Waals surface area contributed by atoms with E-state index in [1.807, 2.05) is 42.6 Å². The van der Waals surface area contributed by atoms with Crippen molar-refractivity contribution >= 4 is 0 Å². The molecule has 35 heavy (non-hydrogen) atoms. The minimum Gasteiger partial charge on any atom is -0.668 e. The van der Waals surface area contributed by atoms with Crippen molar-refractivity contribution in [2.45, 2.75) is 12.6 Å². The Morgan fingerprint density at radius 2 is 1.77 bits per heavy atom. The van der Waals surface area contributed by atoms with Gasteiger partial charge in [-0.05, 0) is 35.3 Å². The summed E-state index contributed by atoms with van der Waals surface area (Å²) < 4.78 is 40.1. The third-order valence-electron chi connectivity index (χ3n) is 5.76. The topological polar surface area (TPSA) is 30.2 Å². The molecule has 0 fully saturated rings. The maximum Gasteiger partial charge on any atom is 3.00 e. The molecule has 1 aromatic heterocycles. The predicted octanol–water partition coefficient (Wildman–Crippen LogP) is 6.83. The van der Waals surface area contributed by atoms with Gasteiger partial charge in [0.2, 0.25) is 0 Å². The van der Waals surface area contributed by atoms with Gasteiger partial charge in [-0.15, -0.1) is 12.1 Å². The third-order valence-corrected chi connectivity index (χ3v) is 5.76. The zero-order valence-electron chi connectivity index (χ0n) is 18.4. The fourth-order valence-corrected chi connectivity index (χ4v) is 4.04. The molecule has 0 N–H and O–H groups in total. The molecule has 0 saturated carbocycles. The Kier molecular flexibility index (Phi) is 7.69. The zero-order chi connectivity index (χ0) is 23.5. The number of hydrogen-bond acceptors (Lipinski definition) is 2. The van der Waals surface area contributed by atoms with Crippen LogP contribution < -0.4 is 0 Å². The first-order valence-electron chi connectivity index (χ1n) is 10.8. The van der Waals surface area contributed by atoms with Crippen LogP contribution in [0, 0.1) is 29.6 Å². The van der Waals surface area contributed by atoms with Gasteiger partial charge in [-0.25, -0.2) is 4.39 Å². The smallest absolute Gasteiger partial charge is 0.668 e. The van der Waals surface area contributed by atoms with E-state index in [4.69, 9.17) is 0 Å².